The number of amides is 2. The van der Waals surface area contributed by atoms with Gasteiger partial charge in [-0.3, -0.25) is 14.5 Å². The number of nitrogens with zero attached hydrogens (tertiary/aromatic N) is 1. The minimum Gasteiger partial charge on any atom is -0.274 e. The van der Waals surface area contributed by atoms with Crippen LogP contribution in [-0.2, 0) is 16.0 Å². The Balaban J connectivity index is 1.86. The van der Waals surface area contributed by atoms with Crippen molar-refractivity contribution >= 4 is 29.1 Å². The van der Waals surface area contributed by atoms with Gasteiger partial charge in [0.1, 0.15) is 11.6 Å². The third kappa shape index (κ3) is 4.27. The molecule has 1 aliphatic heterocycles. The Hall–Kier alpha value is -2.47. The van der Waals surface area contributed by atoms with Crippen LogP contribution in [0.2, 0.25) is 0 Å². The normalized spacial score (nSPS) is 14.6. The van der Waals surface area contributed by atoms with Crippen molar-refractivity contribution in [2.75, 3.05) is 6.54 Å². The Bertz CT molecular complexity index is 889. The van der Waals surface area contributed by atoms with Gasteiger partial charge in [-0.2, -0.15) is 0 Å². The minimum absolute atomic E-state index is 0.115. The molecule has 140 valence electrons. The predicted octanol–water partition coefficient (Wildman–Crippen LogP) is 4.43. The molecule has 2 aromatic carbocycles. The van der Waals surface area contributed by atoms with Crippen LogP contribution in [0, 0.1) is 11.6 Å². The average Bonchev–Trinajstić information content (AvgIpc) is 2.85. The van der Waals surface area contributed by atoms with Gasteiger partial charge in [0.15, 0.2) is 0 Å². The summed E-state index contributed by atoms with van der Waals surface area (Å²) in [6.45, 7) is 4.09. The summed E-state index contributed by atoms with van der Waals surface area (Å²) in [5, 5.41) is 0.115. The predicted molar refractivity (Wildman–Crippen MR) is 103 cm³/mol. The standard InChI is InChI=1S/C21H19F2NO2S/c1-13(2)27-19-18(15-5-9-17(23)10-6-15)20(25)24(21(19)26)12-11-14-3-7-16(22)8-4-14/h3-10,13H,11-12H2,1-2H3. The summed E-state index contributed by atoms with van der Waals surface area (Å²) >= 11 is 1.33. The molecule has 3 nitrogen and oxygen atoms in total. The van der Waals surface area contributed by atoms with E-state index in [1.807, 2.05) is 13.8 Å². The fourth-order valence-corrected chi connectivity index (χ4v) is 3.87. The highest BCUT2D eigenvalue weighted by Crippen LogP contribution is 2.37. The van der Waals surface area contributed by atoms with Gasteiger partial charge in [-0.25, -0.2) is 8.78 Å². The van der Waals surface area contributed by atoms with Crippen LogP contribution in [-0.4, -0.2) is 28.5 Å². The fraction of sp³-hybridized carbons (Fsp3) is 0.238. The smallest absolute Gasteiger partial charge is 0.268 e. The Morgan fingerprint density at radius 2 is 1.44 bits per heavy atom. The zero-order valence-corrected chi connectivity index (χ0v) is 15.9. The van der Waals surface area contributed by atoms with E-state index in [1.165, 1.54) is 53.1 Å². The first-order chi connectivity index (χ1) is 12.9. The summed E-state index contributed by atoms with van der Waals surface area (Å²) in [5.74, 6) is -1.44. The van der Waals surface area contributed by atoms with Gasteiger partial charge in [0.25, 0.3) is 11.8 Å². The molecule has 0 spiro atoms. The number of carbonyl (C=O) groups is 2. The molecule has 0 saturated carbocycles. The van der Waals surface area contributed by atoms with E-state index in [-0.39, 0.29) is 29.4 Å². The molecule has 0 unspecified atom stereocenters. The lowest BCUT2D eigenvalue weighted by Gasteiger charge is -2.15. The molecule has 0 saturated heterocycles. The van der Waals surface area contributed by atoms with Crippen molar-refractivity contribution in [1.82, 2.24) is 4.90 Å². The fourth-order valence-electron chi connectivity index (χ4n) is 2.87. The maximum Gasteiger partial charge on any atom is 0.268 e. The van der Waals surface area contributed by atoms with Crippen molar-refractivity contribution in [3.63, 3.8) is 0 Å². The largest absolute Gasteiger partial charge is 0.274 e. The van der Waals surface area contributed by atoms with Crippen molar-refractivity contribution in [3.8, 4) is 0 Å². The van der Waals surface area contributed by atoms with Crippen LogP contribution in [0.25, 0.3) is 5.57 Å². The SMILES string of the molecule is CC(C)SC1=C(c2ccc(F)cc2)C(=O)N(CCc2ccc(F)cc2)C1=O. The van der Waals surface area contributed by atoms with Crippen LogP contribution in [0.1, 0.15) is 25.0 Å². The number of thioether (sulfide) groups is 1. The molecular weight excluding hydrogens is 368 g/mol. The summed E-state index contributed by atoms with van der Waals surface area (Å²) < 4.78 is 26.3. The molecule has 0 N–H and O–H groups in total. The van der Waals surface area contributed by atoms with Gasteiger partial charge in [0, 0.05) is 11.8 Å². The number of hydrogen-bond acceptors (Lipinski definition) is 3. The molecule has 0 aliphatic carbocycles. The number of benzene rings is 2. The Kier molecular flexibility index (Phi) is 5.75. The highest BCUT2D eigenvalue weighted by atomic mass is 32.2. The molecule has 3 rings (SSSR count). The summed E-state index contributed by atoms with van der Waals surface area (Å²) in [5.41, 5.74) is 1.69. The topological polar surface area (TPSA) is 37.4 Å². The lowest BCUT2D eigenvalue weighted by Crippen LogP contribution is -2.33. The van der Waals surface area contributed by atoms with Gasteiger partial charge in [-0.1, -0.05) is 38.1 Å². The molecule has 6 heteroatoms. The lowest BCUT2D eigenvalue weighted by atomic mass is 10.1. The zero-order valence-electron chi connectivity index (χ0n) is 15.0. The Labute approximate surface area is 161 Å². The monoisotopic (exact) mass is 387 g/mol. The van der Waals surface area contributed by atoms with Crippen molar-refractivity contribution in [2.24, 2.45) is 0 Å². The van der Waals surface area contributed by atoms with Gasteiger partial charge in [0.2, 0.25) is 0 Å². The van der Waals surface area contributed by atoms with E-state index in [2.05, 4.69) is 0 Å². The summed E-state index contributed by atoms with van der Waals surface area (Å²) in [7, 11) is 0. The third-order valence-electron chi connectivity index (χ3n) is 4.15. The van der Waals surface area contributed by atoms with Crippen molar-refractivity contribution < 1.29 is 18.4 Å². The Morgan fingerprint density at radius 3 is 2.00 bits per heavy atom. The van der Waals surface area contributed by atoms with Crippen LogP contribution in [0.3, 0.4) is 0 Å². The highest BCUT2D eigenvalue weighted by molar-refractivity contribution is 8.04. The van der Waals surface area contributed by atoms with E-state index in [1.54, 1.807) is 12.1 Å². The second kappa shape index (κ2) is 8.05. The van der Waals surface area contributed by atoms with Crippen LogP contribution < -0.4 is 0 Å². The van der Waals surface area contributed by atoms with E-state index in [4.69, 9.17) is 0 Å². The first-order valence-corrected chi connectivity index (χ1v) is 9.52. The summed E-state index contributed by atoms with van der Waals surface area (Å²) in [6, 6.07) is 11.6. The quantitative estimate of drug-likeness (QED) is 0.688. The molecule has 1 heterocycles. The van der Waals surface area contributed by atoms with Crippen LogP contribution in [0.4, 0.5) is 8.78 Å². The van der Waals surface area contributed by atoms with Gasteiger partial charge < -0.3 is 0 Å². The molecule has 27 heavy (non-hydrogen) atoms. The van der Waals surface area contributed by atoms with Crippen molar-refractivity contribution in [3.05, 3.63) is 76.2 Å². The van der Waals surface area contributed by atoms with Crippen LogP contribution >= 0.6 is 11.8 Å². The maximum absolute atomic E-state index is 13.3. The molecule has 0 fully saturated rings. The Morgan fingerprint density at radius 1 is 0.889 bits per heavy atom. The number of imide groups is 1. The molecule has 0 atom stereocenters. The third-order valence-corrected chi connectivity index (χ3v) is 5.24. The molecule has 0 radical (unpaired) electrons. The molecule has 0 aromatic heterocycles. The zero-order chi connectivity index (χ0) is 19.6. The molecule has 2 aromatic rings. The first-order valence-electron chi connectivity index (χ1n) is 8.64. The van der Waals surface area contributed by atoms with E-state index < -0.39 is 5.82 Å². The molecule has 1 aliphatic rings. The van der Waals surface area contributed by atoms with Crippen molar-refractivity contribution in [2.45, 2.75) is 25.5 Å². The summed E-state index contributed by atoms with van der Waals surface area (Å²) in [6.07, 6.45) is 0.439. The minimum atomic E-state index is -0.401. The van der Waals surface area contributed by atoms with Crippen LogP contribution in [0.15, 0.2) is 53.4 Å². The second-order valence-corrected chi connectivity index (χ2v) is 8.10. The van der Waals surface area contributed by atoms with Gasteiger partial charge in [-0.15, -0.1) is 11.8 Å². The van der Waals surface area contributed by atoms with E-state index in [9.17, 15) is 18.4 Å². The first kappa shape index (κ1) is 19.3. The number of carbonyl (C=O) groups excluding carboxylic acids is 2. The summed E-state index contributed by atoms with van der Waals surface area (Å²) in [4.78, 5) is 27.4. The maximum atomic E-state index is 13.3. The van der Waals surface area contributed by atoms with E-state index in [0.29, 0.717) is 22.5 Å². The van der Waals surface area contributed by atoms with Crippen LogP contribution in [0.5, 0.6) is 0 Å². The van der Waals surface area contributed by atoms with Gasteiger partial charge in [0.05, 0.1) is 10.5 Å². The number of hydrogen-bond donors (Lipinski definition) is 0. The van der Waals surface area contributed by atoms with E-state index in [0.717, 1.165) is 5.56 Å². The second-order valence-electron chi connectivity index (χ2n) is 6.52. The molecule has 2 amide bonds. The number of rotatable bonds is 6. The highest BCUT2D eigenvalue weighted by Gasteiger charge is 2.39. The van der Waals surface area contributed by atoms with Crippen molar-refractivity contribution in [1.29, 1.82) is 0 Å². The van der Waals surface area contributed by atoms with Gasteiger partial charge in [-0.05, 0) is 41.8 Å². The molecular formula is C21H19F2NO2S. The van der Waals surface area contributed by atoms with Gasteiger partial charge >= 0.3 is 0 Å². The lowest BCUT2D eigenvalue weighted by molar-refractivity contribution is -0.136. The number of halogens is 2. The van der Waals surface area contributed by atoms with E-state index >= 15 is 0 Å². The average molecular weight is 387 g/mol. The molecule has 0 bridgehead atoms.